The van der Waals surface area contributed by atoms with Gasteiger partial charge in [0.25, 0.3) is 0 Å². The molecule has 7 heteroatoms. The number of nitrogens with one attached hydrogen (secondary N) is 1. The predicted octanol–water partition coefficient (Wildman–Crippen LogP) is 5.71. The Labute approximate surface area is 184 Å². The van der Waals surface area contributed by atoms with Gasteiger partial charge in [0.15, 0.2) is 0 Å². The van der Waals surface area contributed by atoms with E-state index in [1.165, 1.54) is 5.56 Å². The Morgan fingerprint density at radius 3 is 2.60 bits per heavy atom. The number of carbonyl (C=O) groups excluding carboxylic acids is 1. The fourth-order valence-corrected chi connectivity index (χ4v) is 3.75. The van der Waals surface area contributed by atoms with Crippen LogP contribution in [0.4, 0.5) is 0 Å². The molecule has 5 nitrogen and oxygen atoms in total. The van der Waals surface area contributed by atoms with Gasteiger partial charge < -0.3 is 14.3 Å². The number of benzene rings is 2. The standard InChI is InChI=1S/C23H21Cl2N3O2/c1-14-5-7-16(8-6-14)10-22-27-20-11-18(24)19(25)12-21(20)28(22)15(2)23(29)26-13-17-4-3-9-30-17/h3-9,11-12,15H,10,13H2,1-2H3,(H,26,29)/t15-/m0/s1. The Balaban J connectivity index is 1.70. The molecule has 30 heavy (non-hydrogen) atoms. The number of imidazole rings is 1. The summed E-state index contributed by atoms with van der Waals surface area (Å²) < 4.78 is 7.23. The van der Waals surface area contributed by atoms with E-state index in [9.17, 15) is 4.79 Å². The molecule has 0 aliphatic carbocycles. The first kappa shape index (κ1) is 20.5. The molecule has 4 aromatic rings. The van der Waals surface area contributed by atoms with Gasteiger partial charge in [-0.3, -0.25) is 4.79 Å². The van der Waals surface area contributed by atoms with Crippen LogP contribution < -0.4 is 5.32 Å². The minimum Gasteiger partial charge on any atom is -0.467 e. The second-order valence-electron chi connectivity index (χ2n) is 7.29. The summed E-state index contributed by atoms with van der Waals surface area (Å²) in [5.41, 5.74) is 3.78. The molecule has 0 saturated carbocycles. The minimum atomic E-state index is -0.498. The van der Waals surface area contributed by atoms with Crippen molar-refractivity contribution < 1.29 is 9.21 Å². The van der Waals surface area contributed by atoms with E-state index in [1.54, 1.807) is 24.5 Å². The zero-order valence-corrected chi connectivity index (χ0v) is 18.2. The lowest BCUT2D eigenvalue weighted by Gasteiger charge is -2.17. The molecule has 1 N–H and O–H groups in total. The third-order valence-electron chi connectivity index (χ3n) is 5.07. The van der Waals surface area contributed by atoms with Crippen molar-refractivity contribution in [1.29, 1.82) is 0 Å². The first-order chi connectivity index (χ1) is 14.4. The Kier molecular flexibility index (Phi) is 5.84. The topological polar surface area (TPSA) is 60.1 Å². The van der Waals surface area contributed by atoms with Gasteiger partial charge in [0.05, 0.1) is 33.9 Å². The zero-order chi connectivity index (χ0) is 21.3. The van der Waals surface area contributed by atoms with Crippen LogP contribution in [0.15, 0.2) is 59.2 Å². The summed E-state index contributed by atoms with van der Waals surface area (Å²) in [6, 6.07) is 14.9. The van der Waals surface area contributed by atoms with Gasteiger partial charge in [-0.2, -0.15) is 0 Å². The largest absolute Gasteiger partial charge is 0.467 e. The van der Waals surface area contributed by atoms with Crippen molar-refractivity contribution in [2.45, 2.75) is 32.9 Å². The van der Waals surface area contributed by atoms with Gasteiger partial charge in [0, 0.05) is 6.42 Å². The van der Waals surface area contributed by atoms with E-state index in [1.807, 2.05) is 17.6 Å². The maximum atomic E-state index is 12.9. The van der Waals surface area contributed by atoms with Crippen LogP contribution in [0.3, 0.4) is 0 Å². The molecule has 0 saturated heterocycles. The SMILES string of the molecule is Cc1ccc(Cc2nc3cc(Cl)c(Cl)cc3n2[C@@H](C)C(=O)NCc2ccco2)cc1. The third-order valence-corrected chi connectivity index (χ3v) is 5.79. The third kappa shape index (κ3) is 4.23. The molecule has 154 valence electrons. The van der Waals surface area contributed by atoms with E-state index < -0.39 is 6.04 Å². The number of aryl methyl sites for hydroxylation is 1. The number of halogens is 2. The number of fused-ring (bicyclic) bond motifs is 1. The van der Waals surface area contributed by atoms with Gasteiger partial charge in [-0.25, -0.2) is 4.98 Å². The van der Waals surface area contributed by atoms with Gasteiger partial charge in [-0.1, -0.05) is 53.0 Å². The second-order valence-corrected chi connectivity index (χ2v) is 8.10. The van der Waals surface area contributed by atoms with Crippen LogP contribution in [0.1, 0.15) is 35.7 Å². The highest BCUT2D eigenvalue weighted by Gasteiger charge is 2.23. The number of nitrogens with zero attached hydrogens (tertiary/aromatic N) is 2. The van der Waals surface area contributed by atoms with E-state index in [-0.39, 0.29) is 5.91 Å². The summed E-state index contributed by atoms with van der Waals surface area (Å²) in [6.07, 6.45) is 2.17. The lowest BCUT2D eigenvalue weighted by atomic mass is 10.1. The van der Waals surface area contributed by atoms with Gasteiger partial charge in [0.1, 0.15) is 17.6 Å². The zero-order valence-electron chi connectivity index (χ0n) is 16.7. The average Bonchev–Trinajstić information content (AvgIpc) is 3.35. The Hall–Kier alpha value is -2.76. The number of carbonyl (C=O) groups is 1. The summed E-state index contributed by atoms with van der Waals surface area (Å²) in [6.45, 7) is 4.22. The molecule has 1 amide bonds. The number of hydrogen-bond acceptors (Lipinski definition) is 3. The molecule has 0 aliphatic heterocycles. The molecule has 0 fully saturated rings. The minimum absolute atomic E-state index is 0.137. The Bertz CT molecular complexity index is 1180. The normalized spacial score (nSPS) is 12.3. The molecule has 0 unspecified atom stereocenters. The molecule has 4 rings (SSSR count). The first-order valence-electron chi connectivity index (χ1n) is 9.64. The van der Waals surface area contributed by atoms with Crippen molar-refractivity contribution in [2.75, 3.05) is 0 Å². The van der Waals surface area contributed by atoms with Gasteiger partial charge >= 0.3 is 0 Å². The number of rotatable bonds is 6. The van der Waals surface area contributed by atoms with Crippen LogP contribution in [-0.2, 0) is 17.8 Å². The number of furan rings is 1. The molecule has 0 radical (unpaired) electrons. The van der Waals surface area contributed by atoms with Crippen LogP contribution in [0.2, 0.25) is 10.0 Å². The van der Waals surface area contributed by atoms with Gasteiger partial charge in [0.2, 0.25) is 5.91 Å². The van der Waals surface area contributed by atoms with Gasteiger partial charge in [-0.15, -0.1) is 0 Å². The fourth-order valence-electron chi connectivity index (χ4n) is 3.44. The lowest BCUT2D eigenvalue weighted by molar-refractivity contribution is -0.124. The monoisotopic (exact) mass is 441 g/mol. The fraction of sp³-hybridized carbons (Fsp3) is 0.217. The van der Waals surface area contributed by atoms with Crippen LogP contribution in [0, 0.1) is 6.92 Å². The van der Waals surface area contributed by atoms with Crippen molar-refractivity contribution in [3.8, 4) is 0 Å². The van der Waals surface area contributed by atoms with Crippen LogP contribution >= 0.6 is 23.2 Å². The van der Waals surface area contributed by atoms with E-state index in [2.05, 4.69) is 36.5 Å². The molecule has 2 aromatic heterocycles. The first-order valence-corrected chi connectivity index (χ1v) is 10.4. The molecule has 0 aliphatic rings. The number of amides is 1. The van der Waals surface area contributed by atoms with E-state index in [0.29, 0.717) is 34.3 Å². The quantitative estimate of drug-likeness (QED) is 0.416. The van der Waals surface area contributed by atoms with Crippen LogP contribution in [-0.4, -0.2) is 15.5 Å². The predicted molar refractivity (Wildman–Crippen MR) is 119 cm³/mol. The summed E-state index contributed by atoms with van der Waals surface area (Å²) in [5.74, 6) is 1.33. The highest BCUT2D eigenvalue weighted by atomic mass is 35.5. The maximum Gasteiger partial charge on any atom is 0.243 e. The second kappa shape index (κ2) is 8.54. The Morgan fingerprint density at radius 1 is 1.17 bits per heavy atom. The highest BCUT2D eigenvalue weighted by molar-refractivity contribution is 6.42. The van der Waals surface area contributed by atoms with E-state index in [4.69, 9.17) is 32.6 Å². The lowest BCUT2D eigenvalue weighted by Crippen LogP contribution is -2.31. The summed E-state index contributed by atoms with van der Waals surface area (Å²) >= 11 is 12.5. The molecule has 1 atom stereocenters. The number of aromatic nitrogens is 2. The van der Waals surface area contributed by atoms with Crippen LogP contribution in [0.5, 0.6) is 0 Å². The van der Waals surface area contributed by atoms with Crippen molar-refractivity contribution in [3.63, 3.8) is 0 Å². The van der Waals surface area contributed by atoms with Crippen LogP contribution in [0.25, 0.3) is 11.0 Å². The highest BCUT2D eigenvalue weighted by Crippen LogP contribution is 2.31. The molecule has 0 bridgehead atoms. The molecule has 2 heterocycles. The van der Waals surface area contributed by atoms with Crippen molar-refractivity contribution >= 4 is 40.1 Å². The summed E-state index contributed by atoms with van der Waals surface area (Å²) in [7, 11) is 0. The van der Waals surface area contributed by atoms with Crippen molar-refractivity contribution in [2.24, 2.45) is 0 Å². The van der Waals surface area contributed by atoms with Crippen molar-refractivity contribution in [1.82, 2.24) is 14.9 Å². The molecule has 2 aromatic carbocycles. The van der Waals surface area contributed by atoms with Crippen molar-refractivity contribution in [3.05, 3.63) is 87.6 Å². The molecule has 0 spiro atoms. The van der Waals surface area contributed by atoms with E-state index in [0.717, 1.165) is 16.9 Å². The Morgan fingerprint density at radius 2 is 1.90 bits per heavy atom. The average molecular weight is 442 g/mol. The molecular weight excluding hydrogens is 421 g/mol. The smallest absolute Gasteiger partial charge is 0.243 e. The van der Waals surface area contributed by atoms with Gasteiger partial charge in [-0.05, 0) is 43.7 Å². The summed E-state index contributed by atoms with van der Waals surface area (Å²) in [4.78, 5) is 17.7. The molecular formula is C23H21Cl2N3O2. The number of hydrogen-bond donors (Lipinski definition) is 1. The summed E-state index contributed by atoms with van der Waals surface area (Å²) in [5, 5.41) is 3.78. The van der Waals surface area contributed by atoms with E-state index >= 15 is 0 Å². The maximum absolute atomic E-state index is 12.9.